The maximum atomic E-state index is 14.7. The van der Waals surface area contributed by atoms with Gasteiger partial charge >= 0.3 is 0 Å². The SMILES string of the molecule is C[C@@]12CCC(N1)[C@H](F)[C@@H](Oc1cnc(-c3cc4ccncc4cc3O)cn1)C2. The summed E-state index contributed by atoms with van der Waals surface area (Å²) in [7, 11) is 0. The number of nitrogens with one attached hydrogen (secondary N) is 1. The summed E-state index contributed by atoms with van der Waals surface area (Å²) >= 11 is 0. The second-order valence-electron chi connectivity index (χ2n) is 7.99. The summed E-state index contributed by atoms with van der Waals surface area (Å²) in [6, 6.07) is 5.22. The molecule has 2 aliphatic heterocycles. The molecule has 0 radical (unpaired) electrons. The van der Waals surface area contributed by atoms with Crippen LogP contribution < -0.4 is 10.1 Å². The number of pyridine rings is 1. The van der Waals surface area contributed by atoms with E-state index < -0.39 is 12.3 Å². The predicted octanol–water partition coefficient (Wildman–Crippen LogP) is 3.40. The second-order valence-corrected chi connectivity index (χ2v) is 7.99. The molecule has 2 aromatic heterocycles. The molecular formula is C21H21FN4O2. The Balaban J connectivity index is 1.38. The molecule has 2 fully saturated rings. The lowest BCUT2D eigenvalue weighted by atomic mass is 9.90. The van der Waals surface area contributed by atoms with E-state index in [1.165, 1.54) is 6.20 Å². The molecule has 4 atom stereocenters. The van der Waals surface area contributed by atoms with Crippen molar-refractivity contribution in [2.75, 3.05) is 0 Å². The normalized spacial score (nSPS) is 29.1. The summed E-state index contributed by atoms with van der Waals surface area (Å²) < 4.78 is 20.5. The van der Waals surface area contributed by atoms with Crippen LogP contribution >= 0.6 is 0 Å². The van der Waals surface area contributed by atoms with Gasteiger partial charge in [0.1, 0.15) is 11.9 Å². The van der Waals surface area contributed by atoms with Gasteiger partial charge in [0, 0.05) is 41.3 Å². The predicted molar refractivity (Wildman–Crippen MR) is 103 cm³/mol. The Morgan fingerprint density at radius 3 is 2.93 bits per heavy atom. The lowest BCUT2D eigenvalue weighted by Crippen LogP contribution is -2.57. The average Bonchev–Trinajstić information content (AvgIpc) is 3.04. The number of fused-ring (bicyclic) bond motifs is 3. The van der Waals surface area contributed by atoms with Crippen molar-refractivity contribution in [2.45, 2.75) is 50.0 Å². The third-order valence-corrected chi connectivity index (χ3v) is 5.86. The van der Waals surface area contributed by atoms with Crippen molar-refractivity contribution < 1.29 is 14.2 Å². The number of rotatable bonds is 3. The Kier molecular flexibility index (Phi) is 3.94. The number of hydrogen-bond donors (Lipinski definition) is 2. The van der Waals surface area contributed by atoms with Crippen molar-refractivity contribution in [3.63, 3.8) is 0 Å². The highest BCUT2D eigenvalue weighted by molar-refractivity contribution is 5.89. The quantitative estimate of drug-likeness (QED) is 0.725. The van der Waals surface area contributed by atoms with E-state index in [0.717, 1.165) is 23.6 Å². The molecule has 0 saturated carbocycles. The highest BCUT2D eigenvalue weighted by Gasteiger charge is 2.49. The van der Waals surface area contributed by atoms with Gasteiger partial charge in [-0.1, -0.05) is 0 Å². The number of ether oxygens (including phenoxy) is 1. The van der Waals surface area contributed by atoms with Crippen molar-refractivity contribution in [1.82, 2.24) is 20.3 Å². The first-order valence-electron chi connectivity index (χ1n) is 9.48. The number of aromatic hydroxyl groups is 1. The minimum absolute atomic E-state index is 0.0724. The molecule has 7 heteroatoms. The zero-order valence-electron chi connectivity index (χ0n) is 15.5. The number of benzene rings is 1. The van der Waals surface area contributed by atoms with Gasteiger partial charge in [-0.2, -0.15) is 0 Å². The molecule has 5 rings (SSSR count). The maximum Gasteiger partial charge on any atom is 0.232 e. The van der Waals surface area contributed by atoms with E-state index in [0.29, 0.717) is 23.6 Å². The first-order chi connectivity index (χ1) is 13.5. The monoisotopic (exact) mass is 380 g/mol. The van der Waals surface area contributed by atoms with Crippen LogP contribution in [0, 0.1) is 0 Å². The van der Waals surface area contributed by atoms with Gasteiger partial charge in [0.05, 0.1) is 18.1 Å². The van der Waals surface area contributed by atoms with Crippen LogP contribution in [0.1, 0.15) is 26.2 Å². The van der Waals surface area contributed by atoms with E-state index in [1.807, 2.05) is 12.1 Å². The van der Waals surface area contributed by atoms with Crippen molar-refractivity contribution in [3.05, 3.63) is 43.0 Å². The fourth-order valence-corrected chi connectivity index (χ4v) is 4.39. The van der Waals surface area contributed by atoms with Crippen LogP contribution in [-0.2, 0) is 0 Å². The largest absolute Gasteiger partial charge is 0.507 e. The zero-order chi connectivity index (χ0) is 19.3. The smallest absolute Gasteiger partial charge is 0.232 e. The summed E-state index contributed by atoms with van der Waals surface area (Å²) in [6.45, 7) is 2.11. The Morgan fingerprint density at radius 2 is 2.11 bits per heavy atom. The first-order valence-corrected chi connectivity index (χ1v) is 9.48. The molecule has 2 bridgehead atoms. The number of alkyl halides is 1. The van der Waals surface area contributed by atoms with E-state index in [2.05, 4.69) is 27.2 Å². The number of aromatic nitrogens is 3. The molecule has 6 nitrogen and oxygen atoms in total. The summed E-state index contributed by atoms with van der Waals surface area (Å²) in [4.78, 5) is 12.7. The molecule has 1 aromatic carbocycles. The van der Waals surface area contributed by atoms with Crippen LogP contribution in [0.15, 0.2) is 43.0 Å². The molecule has 3 aromatic rings. The number of piperidine rings is 1. The maximum absolute atomic E-state index is 14.7. The molecule has 2 aliphatic rings. The highest BCUT2D eigenvalue weighted by atomic mass is 19.1. The molecule has 2 N–H and O–H groups in total. The van der Waals surface area contributed by atoms with Crippen LogP contribution in [0.3, 0.4) is 0 Å². The van der Waals surface area contributed by atoms with Gasteiger partial charge in [-0.15, -0.1) is 0 Å². The van der Waals surface area contributed by atoms with Gasteiger partial charge in [-0.3, -0.25) is 4.98 Å². The van der Waals surface area contributed by atoms with E-state index >= 15 is 0 Å². The molecule has 2 saturated heterocycles. The Hall–Kier alpha value is -2.80. The van der Waals surface area contributed by atoms with E-state index in [-0.39, 0.29) is 17.3 Å². The molecule has 0 aliphatic carbocycles. The summed E-state index contributed by atoms with van der Waals surface area (Å²) in [5.74, 6) is 0.404. The van der Waals surface area contributed by atoms with Crippen LogP contribution in [0.5, 0.6) is 11.6 Å². The van der Waals surface area contributed by atoms with E-state index in [1.54, 1.807) is 24.7 Å². The highest BCUT2D eigenvalue weighted by Crippen LogP contribution is 2.38. The van der Waals surface area contributed by atoms with Gasteiger partial charge in [0.2, 0.25) is 5.88 Å². The van der Waals surface area contributed by atoms with E-state index in [4.69, 9.17) is 4.74 Å². The van der Waals surface area contributed by atoms with Crippen LogP contribution in [0.2, 0.25) is 0 Å². The number of phenolic OH excluding ortho intramolecular Hbond substituents is 1. The third-order valence-electron chi connectivity index (χ3n) is 5.86. The van der Waals surface area contributed by atoms with Crippen LogP contribution in [-0.4, -0.2) is 43.9 Å². The number of phenols is 1. The Morgan fingerprint density at radius 1 is 1.21 bits per heavy atom. The van der Waals surface area contributed by atoms with Crippen molar-refractivity contribution in [2.24, 2.45) is 0 Å². The van der Waals surface area contributed by atoms with Crippen LogP contribution in [0.4, 0.5) is 4.39 Å². The minimum Gasteiger partial charge on any atom is -0.507 e. The van der Waals surface area contributed by atoms with Gasteiger partial charge < -0.3 is 15.2 Å². The number of halogens is 1. The third kappa shape index (κ3) is 2.96. The van der Waals surface area contributed by atoms with Crippen molar-refractivity contribution in [3.8, 4) is 22.9 Å². The van der Waals surface area contributed by atoms with Crippen molar-refractivity contribution in [1.29, 1.82) is 0 Å². The second kappa shape index (κ2) is 6.38. The fraction of sp³-hybridized carbons (Fsp3) is 0.381. The van der Waals surface area contributed by atoms with Crippen molar-refractivity contribution >= 4 is 10.8 Å². The topological polar surface area (TPSA) is 80.2 Å². The zero-order valence-corrected chi connectivity index (χ0v) is 15.5. The number of nitrogens with zero attached hydrogens (tertiary/aromatic N) is 3. The molecule has 144 valence electrons. The molecule has 4 heterocycles. The molecule has 0 spiro atoms. The summed E-state index contributed by atoms with van der Waals surface area (Å²) in [5, 5.41) is 15.5. The average molecular weight is 380 g/mol. The van der Waals surface area contributed by atoms with Gasteiger partial charge in [0.15, 0.2) is 6.17 Å². The Labute approximate surface area is 161 Å². The van der Waals surface area contributed by atoms with Gasteiger partial charge in [-0.05, 0) is 43.4 Å². The summed E-state index contributed by atoms with van der Waals surface area (Å²) in [5.41, 5.74) is 1.03. The molecule has 0 amide bonds. The lowest BCUT2D eigenvalue weighted by molar-refractivity contribution is 0.0237. The summed E-state index contributed by atoms with van der Waals surface area (Å²) in [6.07, 6.45) is 7.24. The fourth-order valence-electron chi connectivity index (χ4n) is 4.39. The Bertz CT molecular complexity index is 1030. The molecular weight excluding hydrogens is 359 g/mol. The standard InChI is InChI=1S/C21H21FN4O2/c1-21-4-2-15(26-21)20(22)18(8-21)28-19-11-24-16(10-25-19)14-6-12-3-5-23-9-13(12)7-17(14)27/h3,5-7,9-11,15,18,20,26-27H,2,4,8H2,1H3/t15?,18-,20-,21-/m0/s1. The van der Waals surface area contributed by atoms with E-state index in [9.17, 15) is 9.50 Å². The van der Waals surface area contributed by atoms with Crippen LogP contribution in [0.25, 0.3) is 22.0 Å². The minimum atomic E-state index is -1.06. The molecule has 28 heavy (non-hydrogen) atoms. The van der Waals surface area contributed by atoms with Gasteiger partial charge in [-0.25, -0.2) is 14.4 Å². The first kappa shape index (κ1) is 17.3. The van der Waals surface area contributed by atoms with Gasteiger partial charge in [0.25, 0.3) is 0 Å². The molecule has 1 unspecified atom stereocenters. The number of hydrogen-bond acceptors (Lipinski definition) is 6. The lowest BCUT2D eigenvalue weighted by Gasteiger charge is -2.38.